The Balaban J connectivity index is 1.42. The first kappa shape index (κ1) is 21.4. The Morgan fingerprint density at radius 2 is 1.70 bits per heavy atom. The second-order valence-corrected chi connectivity index (χ2v) is 9.22. The number of nitrogens with one attached hydrogen (secondary N) is 1. The molecular weight excluding hydrogens is 542 g/mol. The summed E-state index contributed by atoms with van der Waals surface area (Å²) in [5.74, 6) is 1.25. The van der Waals surface area contributed by atoms with Gasteiger partial charge in [-0.2, -0.15) is 5.26 Å². The maximum Gasteiger partial charge on any atom is 0.149 e. The molecule has 5 rings (SSSR count). The molecule has 0 unspecified atom stereocenters. The third-order valence-corrected chi connectivity index (χ3v) is 6.53. The second-order valence-electron chi connectivity index (χ2n) is 7.51. The van der Waals surface area contributed by atoms with Gasteiger partial charge in [-0.25, -0.2) is 4.98 Å². The molecule has 0 saturated heterocycles. The summed E-state index contributed by atoms with van der Waals surface area (Å²) >= 11 is 7.25. The Kier molecular flexibility index (Phi) is 5.99. The topological polar surface area (TPSA) is 61.7 Å². The quantitative estimate of drug-likeness (QED) is 0.223. The van der Waals surface area contributed by atoms with Crippen molar-refractivity contribution in [3.63, 3.8) is 0 Å². The van der Waals surface area contributed by atoms with Crippen molar-refractivity contribution in [3.05, 3.63) is 105 Å². The van der Waals surface area contributed by atoms with Crippen LogP contribution in [0.15, 0.2) is 87.8 Å². The van der Waals surface area contributed by atoms with E-state index < -0.39 is 0 Å². The first-order chi connectivity index (χ1) is 16.1. The number of H-pyrrole nitrogens is 1. The van der Waals surface area contributed by atoms with Gasteiger partial charge in [-0.3, -0.25) is 0 Å². The third kappa shape index (κ3) is 4.43. The Morgan fingerprint density at radius 1 is 0.970 bits per heavy atom. The summed E-state index contributed by atoms with van der Waals surface area (Å²) in [6, 6.07) is 28.3. The highest BCUT2D eigenvalue weighted by atomic mass is 79.9. The molecular formula is C27H17Br2N3O. The highest BCUT2D eigenvalue weighted by molar-refractivity contribution is 9.11. The average Bonchev–Trinajstić information content (AvgIpc) is 3.26. The minimum atomic E-state index is 0.441. The maximum absolute atomic E-state index is 9.73. The van der Waals surface area contributed by atoms with E-state index in [4.69, 9.17) is 4.74 Å². The highest BCUT2D eigenvalue weighted by Crippen LogP contribution is 2.36. The molecule has 1 aromatic heterocycles. The van der Waals surface area contributed by atoms with E-state index >= 15 is 0 Å². The molecule has 0 bridgehead atoms. The number of aromatic amines is 1. The molecule has 0 atom stereocenters. The van der Waals surface area contributed by atoms with Crippen LogP contribution in [-0.4, -0.2) is 9.97 Å². The predicted molar refractivity (Wildman–Crippen MR) is 140 cm³/mol. The van der Waals surface area contributed by atoms with E-state index in [-0.39, 0.29) is 0 Å². The Hall–Kier alpha value is -3.40. The molecule has 6 heteroatoms. The van der Waals surface area contributed by atoms with Gasteiger partial charge in [0.25, 0.3) is 0 Å². The van der Waals surface area contributed by atoms with Gasteiger partial charge in [0.1, 0.15) is 24.3 Å². The smallest absolute Gasteiger partial charge is 0.149 e. The summed E-state index contributed by atoms with van der Waals surface area (Å²) in [6.07, 6.45) is 1.81. The van der Waals surface area contributed by atoms with E-state index in [1.54, 1.807) is 0 Å². The molecule has 1 N–H and O–H groups in total. The predicted octanol–water partition coefficient (Wildman–Crippen LogP) is 7.88. The van der Waals surface area contributed by atoms with Crippen molar-refractivity contribution < 1.29 is 4.74 Å². The zero-order valence-electron chi connectivity index (χ0n) is 17.3. The van der Waals surface area contributed by atoms with E-state index in [9.17, 15) is 5.26 Å². The number of hydrogen-bond donors (Lipinski definition) is 1. The van der Waals surface area contributed by atoms with Gasteiger partial charge < -0.3 is 9.72 Å². The number of nitriles is 1. The molecule has 0 amide bonds. The van der Waals surface area contributed by atoms with Crippen LogP contribution in [-0.2, 0) is 6.61 Å². The monoisotopic (exact) mass is 557 g/mol. The number of para-hydroxylation sites is 2. The first-order valence-electron chi connectivity index (χ1n) is 10.3. The molecule has 0 aliphatic heterocycles. The number of hydrogen-bond acceptors (Lipinski definition) is 3. The summed E-state index contributed by atoms with van der Waals surface area (Å²) in [5, 5.41) is 12.1. The van der Waals surface area contributed by atoms with Crippen molar-refractivity contribution >= 4 is 65.3 Å². The van der Waals surface area contributed by atoms with Gasteiger partial charge in [-0.1, -0.05) is 54.6 Å². The largest absolute Gasteiger partial charge is 0.487 e. The summed E-state index contributed by atoms with van der Waals surface area (Å²) in [6.45, 7) is 0.441. The van der Waals surface area contributed by atoms with Gasteiger partial charge in [0, 0.05) is 0 Å². The van der Waals surface area contributed by atoms with E-state index in [1.165, 1.54) is 10.8 Å². The van der Waals surface area contributed by atoms with Crippen molar-refractivity contribution in [3.8, 4) is 11.8 Å². The number of nitrogens with zero attached hydrogens (tertiary/aromatic N) is 2. The number of rotatable bonds is 5. The molecule has 0 radical (unpaired) electrons. The van der Waals surface area contributed by atoms with Crippen LogP contribution in [0.2, 0.25) is 0 Å². The molecule has 5 aromatic rings. The Morgan fingerprint density at radius 3 is 2.48 bits per heavy atom. The van der Waals surface area contributed by atoms with Crippen LogP contribution in [0.4, 0.5) is 0 Å². The van der Waals surface area contributed by atoms with Gasteiger partial charge in [0.05, 0.1) is 25.6 Å². The SMILES string of the molecule is N#C/C(=C\c1cc(Br)c(OCc2cccc3ccccc23)c(Br)c1)c1nc2ccccc2[nH]1. The Labute approximate surface area is 207 Å². The number of imidazole rings is 1. The lowest BCUT2D eigenvalue weighted by Crippen LogP contribution is -1.98. The molecule has 0 spiro atoms. The molecule has 160 valence electrons. The molecule has 0 aliphatic carbocycles. The van der Waals surface area contributed by atoms with Crippen molar-refractivity contribution in [2.75, 3.05) is 0 Å². The number of benzene rings is 4. The fourth-order valence-corrected chi connectivity index (χ4v) is 5.22. The normalized spacial score (nSPS) is 11.6. The fraction of sp³-hybridized carbons (Fsp3) is 0.0370. The van der Waals surface area contributed by atoms with Crippen LogP contribution < -0.4 is 4.74 Å². The number of halogens is 2. The summed E-state index contributed by atoms with van der Waals surface area (Å²) in [4.78, 5) is 7.75. The minimum Gasteiger partial charge on any atom is -0.487 e. The maximum atomic E-state index is 9.73. The molecule has 4 aromatic carbocycles. The van der Waals surface area contributed by atoms with Gasteiger partial charge >= 0.3 is 0 Å². The zero-order chi connectivity index (χ0) is 22.8. The van der Waals surface area contributed by atoms with E-state index in [1.807, 2.05) is 60.7 Å². The van der Waals surface area contributed by atoms with Gasteiger partial charge in [0.15, 0.2) is 0 Å². The number of aromatic nitrogens is 2. The zero-order valence-corrected chi connectivity index (χ0v) is 20.5. The van der Waals surface area contributed by atoms with Gasteiger partial charge in [0.2, 0.25) is 0 Å². The van der Waals surface area contributed by atoms with Crippen molar-refractivity contribution in [2.24, 2.45) is 0 Å². The van der Waals surface area contributed by atoms with Crippen molar-refractivity contribution in [2.45, 2.75) is 6.61 Å². The lowest BCUT2D eigenvalue weighted by molar-refractivity contribution is 0.303. The van der Waals surface area contributed by atoms with Crippen molar-refractivity contribution in [1.29, 1.82) is 5.26 Å². The summed E-state index contributed by atoms with van der Waals surface area (Å²) in [7, 11) is 0. The lowest BCUT2D eigenvalue weighted by atomic mass is 10.1. The number of ether oxygens (including phenoxy) is 1. The van der Waals surface area contributed by atoms with E-state index in [0.29, 0.717) is 23.8 Å². The first-order valence-corrected chi connectivity index (χ1v) is 11.9. The van der Waals surface area contributed by atoms with Crippen molar-refractivity contribution in [1.82, 2.24) is 9.97 Å². The molecule has 4 nitrogen and oxygen atoms in total. The van der Waals surface area contributed by atoms with Crippen LogP contribution in [0.25, 0.3) is 33.5 Å². The molecule has 0 saturated carbocycles. The molecule has 0 aliphatic rings. The molecule has 33 heavy (non-hydrogen) atoms. The lowest BCUT2D eigenvalue weighted by Gasteiger charge is -2.13. The van der Waals surface area contributed by atoms with Crippen LogP contribution in [0, 0.1) is 11.3 Å². The van der Waals surface area contributed by atoms with Crippen LogP contribution in [0.3, 0.4) is 0 Å². The van der Waals surface area contributed by atoms with E-state index in [0.717, 1.165) is 31.1 Å². The standard InChI is InChI=1S/C27H17Br2N3O/c28-22-13-17(12-20(15-30)27-31-24-10-3-4-11-25(24)32-27)14-23(29)26(22)33-16-19-8-5-7-18-6-1-2-9-21(18)19/h1-14H,16H2,(H,31,32)/b20-12+. The second kappa shape index (κ2) is 9.22. The summed E-state index contributed by atoms with van der Waals surface area (Å²) < 4.78 is 7.77. The number of allylic oxidation sites excluding steroid dienone is 1. The Bertz CT molecular complexity index is 1500. The minimum absolute atomic E-state index is 0.441. The number of fused-ring (bicyclic) bond motifs is 2. The van der Waals surface area contributed by atoms with Gasteiger partial charge in [-0.05, 0) is 84.1 Å². The average molecular weight is 559 g/mol. The fourth-order valence-electron chi connectivity index (χ4n) is 3.77. The van der Waals surface area contributed by atoms with Crippen LogP contribution in [0.1, 0.15) is 17.0 Å². The van der Waals surface area contributed by atoms with Gasteiger partial charge in [-0.15, -0.1) is 0 Å². The highest BCUT2D eigenvalue weighted by Gasteiger charge is 2.12. The van der Waals surface area contributed by atoms with E-state index in [2.05, 4.69) is 72.2 Å². The molecule has 1 heterocycles. The van der Waals surface area contributed by atoms with Crippen LogP contribution in [0.5, 0.6) is 5.75 Å². The molecule has 0 fully saturated rings. The third-order valence-electron chi connectivity index (χ3n) is 5.35. The van der Waals surface area contributed by atoms with Crippen LogP contribution >= 0.6 is 31.9 Å². The summed E-state index contributed by atoms with van der Waals surface area (Å²) in [5.41, 5.74) is 4.15.